The SMILES string of the molecule is C#CC(CCC)NC(=O)c1cccc(S(C)(=O)=O)c1. The van der Waals surface area contributed by atoms with E-state index in [1.54, 1.807) is 6.07 Å². The van der Waals surface area contributed by atoms with Crippen molar-refractivity contribution in [3.63, 3.8) is 0 Å². The number of nitrogens with one attached hydrogen (secondary N) is 1. The van der Waals surface area contributed by atoms with Crippen molar-refractivity contribution in [2.24, 2.45) is 0 Å². The lowest BCUT2D eigenvalue weighted by Crippen LogP contribution is -2.33. The van der Waals surface area contributed by atoms with Crippen molar-refractivity contribution in [3.05, 3.63) is 29.8 Å². The predicted molar refractivity (Wildman–Crippen MR) is 74.5 cm³/mol. The summed E-state index contributed by atoms with van der Waals surface area (Å²) in [5.41, 5.74) is 0.291. The molecule has 1 atom stereocenters. The van der Waals surface area contributed by atoms with E-state index in [9.17, 15) is 13.2 Å². The highest BCUT2D eigenvalue weighted by molar-refractivity contribution is 7.90. The zero-order chi connectivity index (χ0) is 14.5. The van der Waals surface area contributed by atoms with Crippen molar-refractivity contribution in [1.82, 2.24) is 5.32 Å². The average molecular weight is 279 g/mol. The van der Waals surface area contributed by atoms with Crippen LogP contribution in [0.15, 0.2) is 29.2 Å². The summed E-state index contributed by atoms with van der Waals surface area (Å²) in [5.74, 6) is 2.14. The maximum absolute atomic E-state index is 12.0. The van der Waals surface area contributed by atoms with Gasteiger partial charge in [0.2, 0.25) is 0 Å². The first kappa shape index (κ1) is 15.3. The first-order valence-electron chi connectivity index (χ1n) is 5.95. The molecule has 1 amide bonds. The van der Waals surface area contributed by atoms with Gasteiger partial charge in [-0.1, -0.05) is 25.3 Å². The summed E-state index contributed by atoms with van der Waals surface area (Å²) in [4.78, 5) is 12.1. The van der Waals surface area contributed by atoms with E-state index >= 15 is 0 Å². The summed E-state index contributed by atoms with van der Waals surface area (Å²) in [6, 6.07) is 5.57. The molecule has 4 nitrogen and oxygen atoms in total. The van der Waals surface area contributed by atoms with Crippen molar-refractivity contribution in [1.29, 1.82) is 0 Å². The van der Waals surface area contributed by atoms with Crippen molar-refractivity contribution >= 4 is 15.7 Å². The predicted octanol–water partition coefficient (Wildman–Crippen LogP) is 1.62. The summed E-state index contributed by atoms with van der Waals surface area (Å²) in [6.45, 7) is 1.97. The molecule has 0 heterocycles. The molecule has 0 aliphatic heterocycles. The summed E-state index contributed by atoms with van der Waals surface area (Å²) in [6.07, 6.45) is 7.97. The highest BCUT2D eigenvalue weighted by Crippen LogP contribution is 2.11. The summed E-state index contributed by atoms with van der Waals surface area (Å²) in [7, 11) is -3.32. The Labute approximate surface area is 114 Å². The highest BCUT2D eigenvalue weighted by atomic mass is 32.2. The zero-order valence-electron chi connectivity index (χ0n) is 11.0. The molecule has 0 aromatic heterocycles. The number of carbonyl (C=O) groups is 1. The van der Waals surface area contributed by atoms with Gasteiger partial charge in [0.25, 0.3) is 5.91 Å². The molecule has 1 aromatic rings. The number of benzene rings is 1. The fourth-order valence-corrected chi connectivity index (χ4v) is 2.26. The first-order valence-corrected chi connectivity index (χ1v) is 7.84. The summed E-state index contributed by atoms with van der Waals surface area (Å²) >= 11 is 0. The lowest BCUT2D eigenvalue weighted by atomic mass is 10.1. The Bertz CT molecular complexity index is 599. The third kappa shape index (κ3) is 4.42. The number of rotatable bonds is 5. The molecule has 0 saturated carbocycles. The molecule has 0 spiro atoms. The number of hydrogen-bond donors (Lipinski definition) is 1. The third-order valence-electron chi connectivity index (χ3n) is 2.61. The van der Waals surface area contributed by atoms with Crippen LogP contribution in [-0.4, -0.2) is 26.6 Å². The van der Waals surface area contributed by atoms with Gasteiger partial charge in [0.05, 0.1) is 10.9 Å². The van der Waals surface area contributed by atoms with Gasteiger partial charge in [-0.3, -0.25) is 4.79 Å². The first-order chi connectivity index (χ1) is 8.88. The Morgan fingerprint density at radius 2 is 2.16 bits per heavy atom. The Balaban J connectivity index is 2.92. The molecule has 19 heavy (non-hydrogen) atoms. The van der Waals surface area contributed by atoms with Crippen LogP contribution in [0.1, 0.15) is 30.1 Å². The van der Waals surface area contributed by atoms with E-state index in [0.29, 0.717) is 12.0 Å². The average Bonchev–Trinajstić information content (AvgIpc) is 2.37. The Hall–Kier alpha value is -1.80. The van der Waals surface area contributed by atoms with Crippen LogP contribution in [0.5, 0.6) is 0 Å². The van der Waals surface area contributed by atoms with Gasteiger partial charge < -0.3 is 5.32 Å². The maximum atomic E-state index is 12.0. The van der Waals surface area contributed by atoms with Crippen molar-refractivity contribution in [2.75, 3.05) is 6.26 Å². The van der Waals surface area contributed by atoms with Crippen LogP contribution >= 0.6 is 0 Å². The molecular weight excluding hydrogens is 262 g/mol. The van der Waals surface area contributed by atoms with Gasteiger partial charge in [-0.25, -0.2) is 8.42 Å². The highest BCUT2D eigenvalue weighted by Gasteiger charge is 2.13. The zero-order valence-corrected chi connectivity index (χ0v) is 11.8. The standard InChI is InChI=1S/C14H17NO3S/c1-4-7-12(5-2)15-14(16)11-8-6-9-13(10-11)19(3,17)18/h2,6,8-10,12H,4,7H2,1,3H3,(H,15,16). The van der Waals surface area contributed by atoms with Crippen molar-refractivity contribution < 1.29 is 13.2 Å². The second kappa shape index (κ2) is 6.39. The van der Waals surface area contributed by atoms with E-state index in [1.165, 1.54) is 18.2 Å². The molecule has 0 fully saturated rings. The van der Waals surface area contributed by atoms with Gasteiger partial charge in [0.1, 0.15) is 0 Å². The van der Waals surface area contributed by atoms with Gasteiger partial charge in [0, 0.05) is 11.8 Å². The van der Waals surface area contributed by atoms with E-state index in [2.05, 4.69) is 11.2 Å². The molecule has 5 heteroatoms. The third-order valence-corrected chi connectivity index (χ3v) is 3.72. The smallest absolute Gasteiger partial charge is 0.252 e. The molecule has 0 saturated heterocycles. The fourth-order valence-electron chi connectivity index (χ4n) is 1.60. The van der Waals surface area contributed by atoms with E-state index in [0.717, 1.165) is 12.7 Å². The van der Waals surface area contributed by atoms with Crippen LogP contribution in [0.3, 0.4) is 0 Å². The monoisotopic (exact) mass is 279 g/mol. The van der Waals surface area contributed by atoms with Crippen molar-refractivity contribution in [3.8, 4) is 12.3 Å². The Kier molecular flexibility index (Phi) is 5.13. The van der Waals surface area contributed by atoms with Gasteiger partial charge in [-0.15, -0.1) is 6.42 Å². The van der Waals surface area contributed by atoms with E-state index in [4.69, 9.17) is 6.42 Å². The Morgan fingerprint density at radius 1 is 1.47 bits per heavy atom. The van der Waals surface area contributed by atoms with Crippen LogP contribution in [0.4, 0.5) is 0 Å². The maximum Gasteiger partial charge on any atom is 0.252 e. The minimum atomic E-state index is -3.32. The number of hydrogen-bond acceptors (Lipinski definition) is 3. The second-order valence-electron chi connectivity index (χ2n) is 4.28. The van der Waals surface area contributed by atoms with E-state index in [1.807, 2.05) is 6.92 Å². The molecule has 0 bridgehead atoms. The molecule has 1 rings (SSSR count). The molecular formula is C14H17NO3S. The minimum Gasteiger partial charge on any atom is -0.338 e. The molecule has 0 aliphatic carbocycles. The van der Waals surface area contributed by atoms with Crippen LogP contribution in [0.25, 0.3) is 0 Å². The summed E-state index contributed by atoms with van der Waals surface area (Å²) in [5, 5.41) is 2.69. The molecule has 0 aliphatic rings. The molecule has 1 unspecified atom stereocenters. The molecule has 1 aromatic carbocycles. The molecule has 0 radical (unpaired) electrons. The van der Waals surface area contributed by atoms with Gasteiger partial charge >= 0.3 is 0 Å². The lowest BCUT2D eigenvalue weighted by molar-refractivity contribution is 0.0944. The van der Waals surface area contributed by atoms with Crippen LogP contribution in [0.2, 0.25) is 0 Å². The topological polar surface area (TPSA) is 63.2 Å². The lowest BCUT2D eigenvalue weighted by Gasteiger charge is -2.12. The second-order valence-corrected chi connectivity index (χ2v) is 6.30. The number of amides is 1. The summed E-state index contributed by atoms with van der Waals surface area (Å²) < 4.78 is 22.8. The van der Waals surface area contributed by atoms with Crippen LogP contribution in [0, 0.1) is 12.3 Å². The van der Waals surface area contributed by atoms with Gasteiger partial charge in [-0.05, 0) is 24.6 Å². The normalized spacial score (nSPS) is 12.5. The van der Waals surface area contributed by atoms with E-state index in [-0.39, 0.29) is 16.8 Å². The van der Waals surface area contributed by atoms with Crippen LogP contribution < -0.4 is 5.32 Å². The Morgan fingerprint density at radius 3 is 2.68 bits per heavy atom. The van der Waals surface area contributed by atoms with Gasteiger partial charge in [0.15, 0.2) is 9.84 Å². The van der Waals surface area contributed by atoms with Crippen LogP contribution in [-0.2, 0) is 9.84 Å². The molecule has 102 valence electrons. The quantitative estimate of drug-likeness (QED) is 0.833. The fraction of sp³-hybridized carbons (Fsp3) is 0.357. The number of terminal acetylenes is 1. The largest absolute Gasteiger partial charge is 0.338 e. The van der Waals surface area contributed by atoms with Gasteiger partial charge in [-0.2, -0.15) is 0 Å². The molecule has 1 N–H and O–H groups in total. The van der Waals surface area contributed by atoms with E-state index < -0.39 is 9.84 Å². The minimum absolute atomic E-state index is 0.118. The number of carbonyl (C=O) groups excluding carboxylic acids is 1. The number of sulfone groups is 1. The van der Waals surface area contributed by atoms with Crippen molar-refractivity contribution in [2.45, 2.75) is 30.7 Å².